The minimum absolute atomic E-state index is 0.362. The van der Waals surface area contributed by atoms with E-state index in [4.69, 9.17) is 4.74 Å². The Morgan fingerprint density at radius 2 is 2.13 bits per heavy atom. The maximum atomic E-state index is 11.4. The molecule has 0 amide bonds. The Morgan fingerprint density at radius 1 is 1.35 bits per heavy atom. The van der Waals surface area contributed by atoms with Crippen LogP contribution >= 0.6 is 0 Å². The third kappa shape index (κ3) is 3.32. The summed E-state index contributed by atoms with van der Waals surface area (Å²) in [5.41, 5.74) is 1.64. The number of hydrogen-bond acceptors (Lipinski definition) is 5. The molecule has 1 atom stereocenters. The van der Waals surface area contributed by atoms with Crippen LogP contribution in [0, 0.1) is 0 Å². The average molecular weight is 313 g/mol. The molecule has 0 saturated carbocycles. The molecule has 0 spiro atoms. The third-order valence-electron chi connectivity index (χ3n) is 3.92. The summed E-state index contributed by atoms with van der Waals surface area (Å²) < 4.78 is 5.19. The molecule has 6 nitrogen and oxygen atoms in total. The predicted molar refractivity (Wildman–Crippen MR) is 86.2 cm³/mol. The molecule has 0 aliphatic carbocycles. The van der Waals surface area contributed by atoms with E-state index >= 15 is 0 Å². The number of hydrogen-bond donors (Lipinski definition) is 1. The quantitative estimate of drug-likeness (QED) is 0.913. The summed E-state index contributed by atoms with van der Waals surface area (Å²) in [4.78, 5) is 22.4. The summed E-state index contributed by atoms with van der Waals surface area (Å²) in [5, 5.41) is 9.39. The van der Waals surface area contributed by atoms with E-state index in [2.05, 4.69) is 9.97 Å². The largest absolute Gasteiger partial charge is 0.480 e. The van der Waals surface area contributed by atoms with Crippen LogP contribution in [0.4, 0.5) is 5.82 Å². The molecule has 1 unspecified atom stereocenters. The first-order valence-corrected chi connectivity index (χ1v) is 7.61. The number of nitrogens with zero attached hydrogens (tertiary/aromatic N) is 3. The van der Waals surface area contributed by atoms with Crippen molar-refractivity contribution < 1.29 is 14.6 Å². The van der Waals surface area contributed by atoms with Crippen molar-refractivity contribution in [3.05, 3.63) is 42.1 Å². The first kappa shape index (κ1) is 15.4. The van der Waals surface area contributed by atoms with Gasteiger partial charge in [0.05, 0.1) is 12.3 Å². The number of aromatic nitrogens is 2. The van der Waals surface area contributed by atoms with Crippen LogP contribution in [0.1, 0.15) is 18.5 Å². The lowest BCUT2D eigenvalue weighted by molar-refractivity contribution is -0.138. The number of carbonyl (C=O) groups is 1. The van der Waals surface area contributed by atoms with Crippen molar-refractivity contribution >= 4 is 11.8 Å². The standard InChI is InChI=1S/C17H19N3O3/c1-23-11-13-10-15(20-9-5-8-14(20)17(21)22)19-16(18-13)12-6-3-2-4-7-12/h2-4,6-7,10,14H,5,8-9,11H2,1H3,(H,21,22). The van der Waals surface area contributed by atoms with Crippen LogP contribution in [-0.2, 0) is 16.1 Å². The number of carboxylic acids is 1. The van der Waals surface area contributed by atoms with Crippen LogP contribution in [0.3, 0.4) is 0 Å². The smallest absolute Gasteiger partial charge is 0.326 e. The van der Waals surface area contributed by atoms with Gasteiger partial charge in [-0.1, -0.05) is 30.3 Å². The second-order valence-corrected chi connectivity index (χ2v) is 5.53. The van der Waals surface area contributed by atoms with Crippen molar-refractivity contribution in [1.82, 2.24) is 9.97 Å². The predicted octanol–water partition coefficient (Wildman–Crippen LogP) is 2.34. The highest BCUT2D eigenvalue weighted by Crippen LogP contribution is 2.27. The van der Waals surface area contributed by atoms with Gasteiger partial charge in [-0.25, -0.2) is 14.8 Å². The van der Waals surface area contributed by atoms with Crippen LogP contribution < -0.4 is 4.90 Å². The Hall–Kier alpha value is -2.47. The summed E-state index contributed by atoms with van der Waals surface area (Å²) in [5.74, 6) is 0.428. The lowest BCUT2D eigenvalue weighted by atomic mass is 10.2. The van der Waals surface area contributed by atoms with Gasteiger partial charge < -0.3 is 14.7 Å². The second-order valence-electron chi connectivity index (χ2n) is 5.53. The lowest BCUT2D eigenvalue weighted by Gasteiger charge is -2.23. The van der Waals surface area contributed by atoms with Crippen molar-refractivity contribution in [1.29, 1.82) is 0 Å². The summed E-state index contributed by atoms with van der Waals surface area (Å²) in [6.45, 7) is 1.05. The minimum atomic E-state index is -0.810. The van der Waals surface area contributed by atoms with Gasteiger partial charge in [0.1, 0.15) is 11.9 Å². The molecule has 0 radical (unpaired) electrons. The third-order valence-corrected chi connectivity index (χ3v) is 3.92. The maximum absolute atomic E-state index is 11.4. The molecule has 23 heavy (non-hydrogen) atoms. The molecule has 3 rings (SSSR count). The van der Waals surface area contributed by atoms with Gasteiger partial charge in [-0.05, 0) is 12.8 Å². The Kier molecular flexibility index (Phi) is 4.52. The van der Waals surface area contributed by atoms with Gasteiger partial charge >= 0.3 is 5.97 Å². The number of methoxy groups -OCH3 is 1. The van der Waals surface area contributed by atoms with E-state index in [1.165, 1.54) is 0 Å². The summed E-state index contributed by atoms with van der Waals surface area (Å²) in [6.07, 6.45) is 1.49. The number of rotatable bonds is 5. The van der Waals surface area contributed by atoms with Crippen LogP contribution in [0.25, 0.3) is 11.4 Å². The molecule has 1 aromatic heterocycles. The van der Waals surface area contributed by atoms with Crippen LogP contribution in [0.5, 0.6) is 0 Å². The van der Waals surface area contributed by atoms with Crippen LogP contribution in [-0.4, -0.2) is 40.7 Å². The first-order valence-electron chi connectivity index (χ1n) is 7.61. The highest BCUT2D eigenvalue weighted by molar-refractivity contribution is 5.78. The highest BCUT2D eigenvalue weighted by atomic mass is 16.5. The minimum Gasteiger partial charge on any atom is -0.480 e. The van der Waals surface area contributed by atoms with Gasteiger partial charge in [-0.3, -0.25) is 0 Å². The molecule has 2 aromatic rings. The fourth-order valence-electron chi connectivity index (χ4n) is 2.87. The van der Waals surface area contributed by atoms with E-state index in [-0.39, 0.29) is 0 Å². The SMILES string of the molecule is COCc1cc(N2CCCC2C(=O)O)nc(-c2ccccc2)n1. The molecule has 1 aliphatic rings. The van der Waals surface area contributed by atoms with E-state index in [1.54, 1.807) is 7.11 Å². The molecule has 1 aliphatic heterocycles. The number of ether oxygens (including phenoxy) is 1. The van der Waals surface area contributed by atoms with Gasteiger partial charge in [0.15, 0.2) is 5.82 Å². The molecule has 1 fully saturated rings. The van der Waals surface area contributed by atoms with Gasteiger partial charge in [0.25, 0.3) is 0 Å². The average Bonchev–Trinajstić information content (AvgIpc) is 3.06. The van der Waals surface area contributed by atoms with Gasteiger partial charge in [-0.2, -0.15) is 0 Å². The normalized spacial score (nSPS) is 17.4. The molecular weight excluding hydrogens is 294 g/mol. The maximum Gasteiger partial charge on any atom is 0.326 e. The lowest BCUT2D eigenvalue weighted by Crippen LogP contribution is -2.36. The Bertz CT molecular complexity index is 691. The van der Waals surface area contributed by atoms with Crippen molar-refractivity contribution in [2.75, 3.05) is 18.6 Å². The van der Waals surface area contributed by atoms with Gasteiger partial charge in [-0.15, -0.1) is 0 Å². The second kappa shape index (κ2) is 6.75. The van der Waals surface area contributed by atoms with E-state index < -0.39 is 12.0 Å². The molecule has 1 saturated heterocycles. The monoisotopic (exact) mass is 313 g/mol. The molecule has 1 aromatic carbocycles. The van der Waals surface area contributed by atoms with Crippen molar-refractivity contribution in [2.24, 2.45) is 0 Å². The number of benzene rings is 1. The highest BCUT2D eigenvalue weighted by Gasteiger charge is 2.32. The summed E-state index contributed by atoms with van der Waals surface area (Å²) >= 11 is 0. The van der Waals surface area contributed by atoms with E-state index in [1.807, 2.05) is 41.3 Å². The fourth-order valence-corrected chi connectivity index (χ4v) is 2.87. The first-order chi connectivity index (χ1) is 11.2. The Morgan fingerprint density at radius 3 is 2.83 bits per heavy atom. The fraction of sp³-hybridized carbons (Fsp3) is 0.353. The number of aliphatic carboxylic acids is 1. The van der Waals surface area contributed by atoms with Gasteiger partial charge in [0, 0.05) is 25.3 Å². The molecule has 0 bridgehead atoms. The van der Waals surface area contributed by atoms with Crippen LogP contribution in [0.2, 0.25) is 0 Å². The molecule has 6 heteroatoms. The zero-order chi connectivity index (χ0) is 16.2. The summed E-state index contributed by atoms with van der Waals surface area (Å²) in [7, 11) is 1.61. The van der Waals surface area contributed by atoms with E-state index in [0.29, 0.717) is 31.2 Å². The molecule has 1 N–H and O–H groups in total. The van der Waals surface area contributed by atoms with Gasteiger partial charge in [0.2, 0.25) is 0 Å². The number of carboxylic acid groups (broad SMARTS) is 1. The summed E-state index contributed by atoms with van der Waals surface area (Å²) in [6, 6.07) is 11.0. The topological polar surface area (TPSA) is 75.5 Å². The molecule has 120 valence electrons. The zero-order valence-corrected chi connectivity index (χ0v) is 13.0. The van der Waals surface area contributed by atoms with Crippen molar-refractivity contribution in [2.45, 2.75) is 25.5 Å². The zero-order valence-electron chi connectivity index (χ0n) is 13.0. The van der Waals surface area contributed by atoms with Crippen LogP contribution in [0.15, 0.2) is 36.4 Å². The number of anilines is 1. The Balaban J connectivity index is 2.02. The molecular formula is C17H19N3O3. The van der Waals surface area contributed by atoms with Crippen molar-refractivity contribution in [3.63, 3.8) is 0 Å². The van der Waals surface area contributed by atoms with E-state index in [9.17, 15) is 9.90 Å². The van der Waals surface area contributed by atoms with E-state index in [0.717, 1.165) is 17.7 Å². The molecule has 2 heterocycles. The van der Waals surface area contributed by atoms with Crippen molar-refractivity contribution in [3.8, 4) is 11.4 Å². The Labute approximate surface area is 134 Å².